The quantitative estimate of drug-likeness (QED) is 0.702. The zero-order chi connectivity index (χ0) is 11.1. The fraction of sp³-hybridized carbons (Fsp3) is 0.667. The molecule has 1 aromatic rings. The molecule has 0 radical (unpaired) electrons. The second-order valence-corrected chi connectivity index (χ2v) is 3.92. The Bertz CT molecular complexity index is 270. The fourth-order valence-electron chi connectivity index (χ4n) is 1.69. The third-order valence-electron chi connectivity index (χ3n) is 2.57. The minimum absolute atomic E-state index is 0.193. The van der Waals surface area contributed by atoms with Crippen molar-refractivity contribution in [2.45, 2.75) is 38.8 Å². The second kappa shape index (κ2) is 6.64. The molecular weight excluding hydrogens is 188 g/mol. The first-order chi connectivity index (χ1) is 7.27. The van der Waals surface area contributed by atoms with Crippen LogP contribution in [-0.2, 0) is 11.3 Å². The van der Waals surface area contributed by atoms with Crippen molar-refractivity contribution in [1.29, 1.82) is 0 Å². The second-order valence-electron chi connectivity index (χ2n) is 3.92. The molecule has 3 nitrogen and oxygen atoms in total. The Morgan fingerprint density at radius 2 is 2.33 bits per heavy atom. The fourth-order valence-corrected chi connectivity index (χ4v) is 1.69. The first-order valence-electron chi connectivity index (χ1n) is 5.68. The van der Waals surface area contributed by atoms with Gasteiger partial charge in [0.2, 0.25) is 0 Å². The molecule has 2 N–H and O–H groups in total. The summed E-state index contributed by atoms with van der Waals surface area (Å²) in [5.41, 5.74) is 7.28. The lowest BCUT2D eigenvalue weighted by atomic mass is 10.1. The van der Waals surface area contributed by atoms with Crippen molar-refractivity contribution in [3.63, 3.8) is 0 Å². The maximum Gasteiger partial charge on any atom is 0.0479 e. The molecule has 86 valence electrons. The lowest BCUT2D eigenvalue weighted by Crippen LogP contribution is -2.08. The molecule has 1 unspecified atom stereocenters. The van der Waals surface area contributed by atoms with Gasteiger partial charge in [-0.05, 0) is 24.5 Å². The summed E-state index contributed by atoms with van der Waals surface area (Å²) < 4.78 is 7.20. The largest absolute Gasteiger partial charge is 0.385 e. The molecule has 1 heterocycles. The van der Waals surface area contributed by atoms with Crippen LogP contribution in [0, 0.1) is 0 Å². The SMILES string of the molecule is CCCC(N)c1ccn(CCCOC)c1. The van der Waals surface area contributed by atoms with Gasteiger partial charge in [0.05, 0.1) is 0 Å². The average Bonchev–Trinajstić information content (AvgIpc) is 2.67. The van der Waals surface area contributed by atoms with E-state index >= 15 is 0 Å². The summed E-state index contributed by atoms with van der Waals surface area (Å²) in [7, 11) is 1.73. The number of rotatable bonds is 7. The summed E-state index contributed by atoms with van der Waals surface area (Å²) in [5, 5.41) is 0. The first-order valence-corrected chi connectivity index (χ1v) is 5.68. The van der Waals surface area contributed by atoms with E-state index in [1.807, 2.05) is 0 Å². The van der Waals surface area contributed by atoms with Gasteiger partial charge < -0.3 is 15.0 Å². The predicted molar refractivity (Wildman–Crippen MR) is 62.8 cm³/mol. The topological polar surface area (TPSA) is 40.2 Å². The van der Waals surface area contributed by atoms with Crippen molar-refractivity contribution in [3.05, 3.63) is 24.0 Å². The molecule has 0 saturated carbocycles. The number of methoxy groups -OCH3 is 1. The molecule has 15 heavy (non-hydrogen) atoms. The van der Waals surface area contributed by atoms with Crippen LogP contribution in [0.5, 0.6) is 0 Å². The summed E-state index contributed by atoms with van der Waals surface area (Å²) in [6.45, 7) is 3.98. The number of aromatic nitrogens is 1. The molecule has 0 spiro atoms. The van der Waals surface area contributed by atoms with Gasteiger partial charge in [0.25, 0.3) is 0 Å². The van der Waals surface area contributed by atoms with E-state index < -0.39 is 0 Å². The molecule has 0 fully saturated rings. The van der Waals surface area contributed by atoms with Crippen molar-refractivity contribution in [1.82, 2.24) is 4.57 Å². The lowest BCUT2D eigenvalue weighted by molar-refractivity contribution is 0.190. The van der Waals surface area contributed by atoms with Crippen molar-refractivity contribution in [3.8, 4) is 0 Å². The van der Waals surface area contributed by atoms with Crippen molar-refractivity contribution in [2.75, 3.05) is 13.7 Å². The molecule has 1 atom stereocenters. The van der Waals surface area contributed by atoms with Gasteiger partial charge in [-0.25, -0.2) is 0 Å². The highest BCUT2D eigenvalue weighted by Gasteiger charge is 2.05. The first kappa shape index (κ1) is 12.3. The zero-order valence-electron chi connectivity index (χ0n) is 9.78. The van der Waals surface area contributed by atoms with Crippen LogP contribution < -0.4 is 5.73 Å². The van der Waals surface area contributed by atoms with Gasteiger partial charge in [-0.15, -0.1) is 0 Å². The summed E-state index contributed by atoms with van der Waals surface area (Å²) in [5.74, 6) is 0. The van der Waals surface area contributed by atoms with Crippen LogP contribution in [0.25, 0.3) is 0 Å². The van der Waals surface area contributed by atoms with Crippen LogP contribution in [0.1, 0.15) is 37.8 Å². The van der Waals surface area contributed by atoms with Gasteiger partial charge in [0.1, 0.15) is 0 Å². The van der Waals surface area contributed by atoms with Gasteiger partial charge in [-0.1, -0.05) is 13.3 Å². The smallest absolute Gasteiger partial charge is 0.0479 e. The van der Waals surface area contributed by atoms with Gasteiger partial charge >= 0.3 is 0 Å². The van der Waals surface area contributed by atoms with E-state index in [9.17, 15) is 0 Å². The summed E-state index contributed by atoms with van der Waals surface area (Å²) in [4.78, 5) is 0. The number of hydrogen-bond donors (Lipinski definition) is 1. The summed E-state index contributed by atoms with van der Waals surface area (Å²) >= 11 is 0. The molecule has 0 bridgehead atoms. The van der Waals surface area contributed by atoms with Crippen molar-refractivity contribution < 1.29 is 4.74 Å². The van der Waals surface area contributed by atoms with E-state index in [4.69, 9.17) is 10.5 Å². The molecule has 1 aromatic heterocycles. The van der Waals surface area contributed by atoms with Crippen LogP contribution in [0.15, 0.2) is 18.5 Å². The summed E-state index contributed by atoms with van der Waals surface area (Å²) in [6.07, 6.45) is 7.49. The van der Waals surface area contributed by atoms with Crippen LogP contribution in [0.3, 0.4) is 0 Å². The van der Waals surface area contributed by atoms with Gasteiger partial charge in [-0.3, -0.25) is 0 Å². The van der Waals surface area contributed by atoms with E-state index in [2.05, 4.69) is 30.0 Å². The molecule has 3 heteroatoms. The van der Waals surface area contributed by atoms with Crippen molar-refractivity contribution >= 4 is 0 Å². The highest BCUT2D eigenvalue weighted by Crippen LogP contribution is 2.15. The lowest BCUT2D eigenvalue weighted by Gasteiger charge is -2.07. The third kappa shape index (κ3) is 4.06. The van der Waals surface area contributed by atoms with Gasteiger partial charge in [0, 0.05) is 38.7 Å². The number of hydrogen-bond acceptors (Lipinski definition) is 2. The molecule has 0 aromatic carbocycles. The van der Waals surface area contributed by atoms with E-state index in [1.54, 1.807) is 7.11 Å². The normalized spacial score (nSPS) is 13.0. The van der Waals surface area contributed by atoms with Gasteiger partial charge in [-0.2, -0.15) is 0 Å². The Kier molecular flexibility index (Phi) is 5.43. The Morgan fingerprint density at radius 1 is 1.53 bits per heavy atom. The number of nitrogens with zero attached hydrogens (tertiary/aromatic N) is 1. The maximum absolute atomic E-state index is 6.04. The molecule has 1 rings (SSSR count). The van der Waals surface area contributed by atoms with Crippen molar-refractivity contribution in [2.24, 2.45) is 5.73 Å². The molecular formula is C12H22N2O. The standard InChI is InChI=1S/C12H22N2O/c1-3-5-12(13)11-6-8-14(10-11)7-4-9-15-2/h6,8,10,12H,3-5,7,9,13H2,1-2H3. The Labute approximate surface area is 92.2 Å². The average molecular weight is 210 g/mol. The maximum atomic E-state index is 6.04. The van der Waals surface area contributed by atoms with E-state index in [0.29, 0.717) is 0 Å². The van der Waals surface area contributed by atoms with Crippen LogP contribution in [-0.4, -0.2) is 18.3 Å². The number of aryl methyl sites for hydroxylation is 1. The van der Waals surface area contributed by atoms with E-state index in [1.165, 1.54) is 5.56 Å². The molecule has 0 saturated heterocycles. The number of ether oxygens (including phenoxy) is 1. The number of nitrogens with two attached hydrogens (primary N) is 1. The van der Waals surface area contributed by atoms with E-state index in [0.717, 1.165) is 32.4 Å². The van der Waals surface area contributed by atoms with Crippen LogP contribution >= 0.6 is 0 Å². The Morgan fingerprint density at radius 3 is 3.00 bits per heavy atom. The molecule has 0 aliphatic rings. The zero-order valence-corrected chi connectivity index (χ0v) is 9.78. The van der Waals surface area contributed by atoms with Crippen LogP contribution in [0.2, 0.25) is 0 Å². The molecule has 0 amide bonds. The highest BCUT2D eigenvalue weighted by atomic mass is 16.5. The predicted octanol–water partition coefficient (Wildman–Crippen LogP) is 2.32. The molecule has 0 aliphatic heterocycles. The Hall–Kier alpha value is -0.800. The minimum Gasteiger partial charge on any atom is -0.385 e. The monoisotopic (exact) mass is 210 g/mol. The van der Waals surface area contributed by atoms with Gasteiger partial charge in [0.15, 0.2) is 0 Å². The minimum atomic E-state index is 0.193. The summed E-state index contributed by atoms with van der Waals surface area (Å²) in [6, 6.07) is 2.31. The third-order valence-corrected chi connectivity index (χ3v) is 2.57. The van der Waals surface area contributed by atoms with Crippen LogP contribution in [0.4, 0.5) is 0 Å². The Balaban J connectivity index is 2.41. The highest BCUT2D eigenvalue weighted by molar-refractivity contribution is 5.14. The van der Waals surface area contributed by atoms with E-state index in [-0.39, 0.29) is 6.04 Å². The molecule has 0 aliphatic carbocycles.